The van der Waals surface area contributed by atoms with E-state index in [0.29, 0.717) is 11.8 Å². The molecule has 1 nitrogen and oxygen atoms in total. The summed E-state index contributed by atoms with van der Waals surface area (Å²) in [6.07, 6.45) is 10.4. The van der Waals surface area contributed by atoms with Crippen LogP contribution >= 0.6 is 0 Å². The van der Waals surface area contributed by atoms with Crippen molar-refractivity contribution in [2.75, 3.05) is 0 Å². The lowest BCUT2D eigenvalue weighted by atomic mass is 9.63. The van der Waals surface area contributed by atoms with Gasteiger partial charge in [-0.25, -0.2) is 8.78 Å². The minimum atomic E-state index is -4.98. The zero-order valence-electron chi connectivity index (χ0n) is 21.1. The van der Waals surface area contributed by atoms with E-state index in [2.05, 4.69) is 11.7 Å². The first kappa shape index (κ1) is 26.9. The van der Waals surface area contributed by atoms with Crippen LogP contribution in [0.5, 0.6) is 5.75 Å². The predicted octanol–water partition coefficient (Wildman–Crippen LogP) is 10.2. The second kappa shape index (κ2) is 12.0. The largest absolute Gasteiger partial charge is 0.573 e. The van der Waals surface area contributed by atoms with Crippen LogP contribution in [0.25, 0.3) is 11.1 Å². The molecule has 2 aromatic rings. The van der Waals surface area contributed by atoms with Crippen LogP contribution in [0.2, 0.25) is 0 Å². The molecular formula is C30H37F5O. The lowest BCUT2D eigenvalue weighted by Gasteiger charge is -2.42. The van der Waals surface area contributed by atoms with Crippen LogP contribution in [-0.2, 0) is 0 Å². The predicted molar refractivity (Wildman–Crippen MR) is 133 cm³/mol. The first-order valence-corrected chi connectivity index (χ1v) is 13.6. The zero-order valence-corrected chi connectivity index (χ0v) is 21.1. The molecule has 0 bridgehead atoms. The molecule has 0 spiro atoms. The molecule has 0 saturated heterocycles. The van der Waals surface area contributed by atoms with Crippen molar-refractivity contribution in [3.63, 3.8) is 0 Å². The normalized spacial score (nSPS) is 24.4. The van der Waals surface area contributed by atoms with Crippen molar-refractivity contribution in [1.29, 1.82) is 0 Å². The summed E-state index contributed by atoms with van der Waals surface area (Å²) >= 11 is 0. The molecule has 0 N–H and O–H groups in total. The molecule has 0 heterocycles. The van der Waals surface area contributed by atoms with Crippen LogP contribution in [0.1, 0.15) is 95.5 Å². The number of alkyl halides is 3. The number of hydrogen-bond donors (Lipinski definition) is 0. The fourth-order valence-corrected chi connectivity index (χ4v) is 6.48. The third-order valence-corrected chi connectivity index (χ3v) is 8.37. The van der Waals surface area contributed by atoms with Gasteiger partial charge in [-0.05, 0) is 85.1 Å². The highest BCUT2D eigenvalue weighted by Gasteiger charge is 2.36. The summed E-state index contributed by atoms with van der Waals surface area (Å²) in [7, 11) is 0. The van der Waals surface area contributed by atoms with E-state index in [4.69, 9.17) is 0 Å². The van der Waals surface area contributed by atoms with Gasteiger partial charge in [-0.15, -0.1) is 13.2 Å². The van der Waals surface area contributed by atoms with Gasteiger partial charge < -0.3 is 4.74 Å². The average Bonchev–Trinajstić information content (AvgIpc) is 2.84. The molecule has 0 radical (unpaired) electrons. The van der Waals surface area contributed by atoms with Gasteiger partial charge in [0.05, 0.1) is 0 Å². The number of benzene rings is 2. The van der Waals surface area contributed by atoms with E-state index in [1.807, 2.05) is 6.07 Å². The molecule has 1 unspecified atom stereocenters. The molecule has 2 aliphatic carbocycles. The summed E-state index contributed by atoms with van der Waals surface area (Å²) in [4.78, 5) is 0. The van der Waals surface area contributed by atoms with Crippen LogP contribution < -0.4 is 4.74 Å². The van der Waals surface area contributed by atoms with Gasteiger partial charge in [-0.2, -0.15) is 0 Å². The number of halogens is 5. The first-order chi connectivity index (χ1) is 17.2. The summed E-state index contributed by atoms with van der Waals surface area (Å²) in [5.41, 5.74) is 1.32. The van der Waals surface area contributed by atoms with E-state index < -0.39 is 23.7 Å². The summed E-state index contributed by atoms with van der Waals surface area (Å²) in [5, 5.41) is 0. The summed E-state index contributed by atoms with van der Waals surface area (Å²) in [5.74, 6) is 0.104. The van der Waals surface area contributed by atoms with E-state index in [0.717, 1.165) is 42.4 Å². The van der Waals surface area contributed by atoms with Crippen molar-refractivity contribution in [3.8, 4) is 16.9 Å². The molecule has 0 aromatic heterocycles. The smallest absolute Gasteiger partial charge is 0.403 e. The number of rotatable bonds is 9. The van der Waals surface area contributed by atoms with E-state index in [-0.39, 0.29) is 11.1 Å². The fraction of sp³-hybridized carbons (Fsp3) is 0.600. The van der Waals surface area contributed by atoms with Crippen LogP contribution in [0.15, 0.2) is 36.4 Å². The maximum absolute atomic E-state index is 15.0. The lowest BCUT2D eigenvalue weighted by Crippen LogP contribution is -2.30. The maximum Gasteiger partial charge on any atom is 0.573 e. The Morgan fingerprint density at radius 2 is 1.56 bits per heavy atom. The molecule has 2 saturated carbocycles. The van der Waals surface area contributed by atoms with Crippen LogP contribution in [0.3, 0.4) is 0 Å². The van der Waals surface area contributed by atoms with Crippen molar-refractivity contribution in [1.82, 2.24) is 0 Å². The second-order valence-corrected chi connectivity index (χ2v) is 10.8. The monoisotopic (exact) mass is 508 g/mol. The van der Waals surface area contributed by atoms with Crippen LogP contribution in [0.4, 0.5) is 22.0 Å². The van der Waals surface area contributed by atoms with Crippen molar-refractivity contribution >= 4 is 0 Å². The first-order valence-electron chi connectivity index (χ1n) is 13.6. The minimum Gasteiger partial charge on any atom is -0.403 e. The Kier molecular flexibility index (Phi) is 8.95. The quantitative estimate of drug-likeness (QED) is 0.242. The third-order valence-electron chi connectivity index (χ3n) is 8.37. The number of unbranched alkanes of at least 4 members (excludes halogenated alkanes) is 4. The van der Waals surface area contributed by atoms with E-state index in [9.17, 15) is 17.6 Å². The van der Waals surface area contributed by atoms with Crippen LogP contribution in [0, 0.1) is 29.4 Å². The molecule has 6 heteroatoms. The molecule has 4 rings (SSSR count). The number of fused-ring (bicyclic) bond motifs is 1. The van der Waals surface area contributed by atoms with Crippen molar-refractivity contribution in [2.24, 2.45) is 17.8 Å². The molecule has 2 fully saturated rings. The van der Waals surface area contributed by atoms with Gasteiger partial charge in [0.1, 0.15) is 5.82 Å². The highest BCUT2D eigenvalue weighted by atomic mass is 19.4. The zero-order chi connectivity index (χ0) is 25.7. The topological polar surface area (TPSA) is 9.23 Å². The summed E-state index contributed by atoms with van der Waals surface area (Å²) in [6, 6.07) is 8.05. The molecule has 198 valence electrons. The average molecular weight is 509 g/mol. The van der Waals surface area contributed by atoms with Crippen molar-refractivity contribution in [3.05, 3.63) is 53.6 Å². The van der Waals surface area contributed by atoms with Crippen LogP contribution in [-0.4, -0.2) is 6.36 Å². The summed E-state index contributed by atoms with van der Waals surface area (Å²) < 4.78 is 70.0. The molecule has 2 aromatic carbocycles. The minimum absolute atomic E-state index is 0.171. The van der Waals surface area contributed by atoms with Gasteiger partial charge in [0.15, 0.2) is 11.6 Å². The van der Waals surface area contributed by atoms with Gasteiger partial charge in [0, 0.05) is 5.56 Å². The number of ether oxygens (including phenoxy) is 1. The molecule has 0 aliphatic heterocycles. The maximum atomic E-state index is 15.0. The lowest BCUT2D eigenvalue weighted by molar-refractivity contribution is -0.275. The molecule has 4 atom stereocenters. The van der Waals surface area contributed by atoms with Gasteiger partial charge in [-0.1, -0.05) is 70.1 Å². The van der Waals surface area contributed by atoms with E-state index >= 15 is 4.39 Å². The van der Waals surface area contributed by atoms with Crippen molar-refractivity contribution < 1.29 is 26.7 Å². The SMILES string of the molecule is CCCCCCCC1CC[C@@H]2C[C@H](c3ccc(-c4ccc(OC(F)(F)F)c(F)c4)c(F)c3)CC[C@@H]2C1. The highest BCUT2D eigenvalue weighted by molar-refractivity contribution is 5.65. The molecule has 36 heavy (non-hydrogen) atoms. The van der Waals surface area contributed by atoms with Gasteiger partial charge in [-0.3, -0.25) is 0 Å². The Labute approximate surface area is 211 Å². The van der Waals surface area contributed by atoms with Gasteiger partial charge in [0.25, 0.3) is 0 Å². The molecule has 2 aliphatic rings. The Hall–Kier alpha value is -2.11. The fourth-order valence-electron chi connectivity index (χ4n) is 6.48. The van der Waals surface area contributed by atoms with Gasteiger partial charge in [0.2, 0.25) is 0 Å². The van der Waals surface area contributed by atoms with Crippen molar-refractivity contribution in [2.45, 2.75) is 96.3 Å². The highest BCUT2D eigenvalue weighted by Crippen LogP contribution is 2.48. The van der Waals surface area contributed by atoms with Gasteiger partial charge >= 0.3 is 6.36 Å². The number of hydrogen-bond acceptors (Lipinski definition) is 1. The Morgan fingerprint density at radius 1 is 0.806 bits per heavy atom. The Morgan fingerprint density at radius 3 is 2.28 bits per heavy atom. The van der Waals surface area contributed by atoms with E-state index in [1.165, 1.54) is 76.3 Å². The Bertz CT molecular complexity index is 1000. The second-order valence-electron chi connectivity index (χ2n) is 10.8. The molecular weight excluding hydrogens is 471 g/mol. The standard InChI is InChI=1S/C30H37F5O/c1-2-3-4-5-6-7-20-8-9-22-17-23(11-10-21(22)16-20)24-12-14-26(27(31)18-24)25-13-15-29(28(32)19-25)36-30(33,34)35/h12-15,18-23H,2-11,16-17H2,1H3/t20?,21-,22-,23-/m1/s1. The third kappa shape index (κ3) is 7.01. The summed E-state index contributed by atoms with van der Waals surface area (Å²) in [6.45, 7) is 2.25. The Balaban J connectivity index is 1.34. The van der Waals surface area contributed by atoms with E-state index in [1.54, 1.807) is 6.07 Å². The molecule has 0 amide bonds.